The van der Waals surface area contributed by atoms with Crippen molar-refractivity contribution >= 4 is 5.78 Å². The van der Waals surface area contributed by atoms with Crippen molar-refractivity contribution in [1.82, 2.24) is 0 Å². The third kappa shape index (κ3) is 3.52. The van der Waals surface area contributed by atoms with Crippen molar-refractivity contribution in [3.05, 3.63) is 0 Å². The van der Waals surface area contributed by atoms with Crippen LogP contribution in [0.2, 0.25) is 0 Å². The predicted molar refractivity (Wildman–Crippen MR) is 87.0 cm³/mol. The molecular formula is C19H34O2. The fraction of sp³-hybridized carbons (Fsp3) is 0.947. The molecule has 2 nitrogen and oxygen atoms in total. The molecule has 2 fully saturated rings. The fourth-order valence-corrected chi connectivity index (χ4v) is 5.07. The second-order valence-electron chi connectivity index (χ2n) is 8.75. The van der Waals surface area contributed by atoms with Crippen molar-refractivity contribution < 1.29 is 9.90 Å². The van der Waals surface area contributed by atoms with Gasteiger partial charge in [0.25, 0.3) is 0 Å². The Morgan fingerprint density at radius 3 is 2.62 bits per heavy atom. The van der Waals surface area contributed by atoms with E-state index >= 15 is 0 Å². The normalized spacial score (nSPS) is 36.4. The quantitative estimate of drug-likeness (QED) is 0.805. The average molecular weight is 294 g/mol. The zero-order valence-electron chi connectivity index (χ0n) is 14.6. The second kappa shape index (κ2) is 6.02. The highest BCUT2D eigenvalue weighted by Gasteiger charge is 2.52. The molecule has 0 amide bonds. The van der Waals surface area contributed by atoms with Crippen LogP contribution >= 0.6 is 0 Å². The van der Waals surface area contributed by atoms with Crippen molar-refractivity contribution in [1.29, 1.82) is 0 Å². The lowest BCUT2D eigenvalue weighted by Crippen LogP contribution is -2.40. The molecule has 1 N–H and O–H groups in total. The number of carbonyl (C=O) groups excluding carboxylic acids is 1. The highest BCUT2D eigenvalue weighted by atomic mass is 16.3. The number of hydrogen-bond acceptors (Lipinski definition) is 2. The Kier molecular flexibility index (Phi) is 4.87. The van der Waals surface area contributed by atoms with E-state index in [2.05, 4.69) is 20.8 Å². The molecule has 2 aliphatic carbocycles. The van der Waals surface area contributed by atoms with E-state index in [1.54, 1.807) is 0 Å². The molecule has 0 saturated heterocycles. The molecule has 2 saturated carbocycles. The van der Waals surface area contributed by atoms with E-state index in [0.717, 1.165) is 32.1 Å². The maximum Gasteiger partial charge on any atom is 0.136 e. The summed E-state index contributed by atoms with van der Waals surface area (Å²) >= 11 is 0. The number of aliphatic hydroxyl groups is 1. The molecule has 0 bridgehead atoms. The summed E-state index contributed by atoms with van der Waals surface area (Å²) in [5, 5.41) is 9.94. The van der Waals surface area contributed by atoms with Crippen LogP contribution in [0.4, 0.5) is 0 Å². The number of ketones is 1. The Morgan fingerprint density at radius 2 is 2.00 bits per heavy atom. The molecule has 2 unspecified atom stereocenters. The van der Waals surface area contributed by atoms with Gasteiger partial charge in [-0.2, -0.15) is 0 Å². The van der Waals surface area contributed by atoms with Gasteiger partial charge >= 0.3 is 0 Å². The van der Waals surface area contributed by atoms with E-state index in [4.69, 9.17) is 0 Å². The van der Waals surface area contributed by atoms with Crippen LogP contribution in [-0.2, 0) is 4.79 Å². The monoisotopic (exact) mass is 294 g/mol. The Balaban J connectivity index is 2.02. The van der Waals surface area contributed by atoms with Gasteiger partial charge in [0.1, 0.15) is 5.78 Å². The smallest absolute Gasteiger partial charge is 0.136 e. The molecule has 0 aromatic rings. The van der Waals surface area contributed by atoms with Crippen LogP contribution in [0, 0.1) is 29.1 Å². The highest BCUT2D eigenvalue weighted by molar-refractivity contribution is 5.83. The number of rotatable bonds is 5. The van der Waals surface area contributed by atoms with Crippen molar-refractivity contribution in [3.8, 4) is 0 Å². The number of carbonyl (C=O) groups is 1. The van der Waals surface area contributed by atoms with Crippen LogP contribution in [0.5, 0.6) is 0 Å². The van der Waals surface area contributed by atoms with Crippen LogP contribution in [-0.4, -0.2) is 16.5 Å². The Labute approximate surface area is 130 Å². The van der Waals surface area contributed by atoms with Crippen LogP contribution in [0.1, 0.15) is 79.6 Å². The van der Waals surface area contributed by atoms with E-state index < -0.39 is 5.60 Å². The average Bonchev–Trinajstić information content (AvgIpc) is 2.73. The molecular weight excluding hydrogens is 260 g/mol. The van der Waals surface area contributed by atoms with Crippen molar-refractivity contribution in [2.24, 2.45) is 29.1 Å². The summed E-state index contributed by atoms with van der Waals surface area (Å²) in [6.45, 7) is 10.9. The molecule has 0 aromatic heterocycles. The van der Waals surface area contributed by atoms with Gasteiger partial charge in [0.2, 0.25) is 0 Å². The highest BCUT2D eigenvalue weighted by Crippen LogP contribution is 2.57. The van der Waals surface area contributed by atoms with Crippen LogP contribution in [0.15, 0.2) is 0 Å². The number of hydrogen-bond donors (Lipinski definition) is 1. The summed E-state index contributed by atoms with van der Waals surface area (Å²) in [5.41, 5.74) is -0.311. The molecule has 122 valence electrons. The van der Waals surface area contributed by atoms with Gasteiger partial charge in [-0.15, -0.1) is 0 Å². The minimum atomic E-state index is -0.559. The van der Waals surface area contributed by atoms with Gasteiger partial charge in [0.15, 0.2) is 0 Å². The van der Waals surface area contributed by atoms with Crippen LogP contribution < -0.4 is 0 Å². The van der Waals surface area contributed by atoms with Gasteiger partial charge in [0, 0.05) is 12.3 Å². The molecule has 0 spiro atoms. The van der Waals surface area contributed by atoms with Crippen molar-refractivity contribution in [2.45, 2.75) is 85.2 Å². The van der Waals surface area contributed by atoms with Gasteiger partial charge < -0.3 is 5.11 Å². The van der Waals surface area contributed by atoms with E-state index in [1.807, 2.05) is 13.8 Å². The van der Waals surface area contributed by atoms with Gasteiger partial charge in [-0.3, -0.25) is 4.79 Å². The Morgan fingerprint density at radius 1 is 1.33 bits per heavy atom. The van der Waals surface area contributed by atoms with Crippen LogP contribution in [0.3, 0.4) is 0 Å². The molecule has 2 rings (SSSR count). The van der Waals surface area contributed by atoms with Gasteiger partial charge in [-0.1, -0.05) is 20.8 Å². The summed E-state index contributed by atoms with van der Waals surface area (Å²) in [5.74, 6) is 2.81. The largest absolute Gasteiger partial charge is 0.390 e. The summed E-state index contributed by atoms with van der Waals surface area (Å²) in [6.07, 6.45) is 7.42. The standard InChI is InChI=1S/C19H34O2/c1-13(10-12-18(3,4)21)14(2)15-8-9-16-17(20)7-6-11-19(15,16)5/h13-16,21H,6-12H2,1-5H3/t13-,14-,15?,16?,19-/m1/s1. The molecule has 2 aliphatic rings. The third-order valence-electron chi connectivity index (χ3n) is 6.68. The van der Waals surface area contributed by atoms with Crippen LogP contribution in [0.25, 0.3) is 0 Å². The SMILES string of the molecule is C[C@H](CCC(C)(C)O)[C@@H](C)C1CCC2C(=O)CCC[C@@]21C. The lowest BCUT2D eigenvalue weighted by molar-refractivity contribution is -0.130. The zero-order chi connectivity index (χ0) is 15.8. The Bertz CT molecular complexity index is 382. The second-order valence-corrected chi connectivity index (χ2v) is 8.75. The number of Topliss-reactive ketones (excluding diaryl/α,β-unsaturated/α-hetero) is 1. The molecule has 2 heteroatoms. The maximum absolute atomic E-state index is 12.2. The minimum absolute atomic E-state index is 0.248. The third-order valence-corrected chi connectivity index (χ3v) is 6.68. The molecule has 5 atom stereocenters. The van der Waals surface area contributed by atoms with Gasteiger partial charge in [-0.05, 0) is 75.5 Å². The van der Waals surface area contributed by atoms with Gasteiger partial charge in [0.05, 0.1) is 5.60 Å². The summed E-state index contributed by atoms with van der Waals surface area (Å²) in [7, 11) is 0. The predicted octanol–water partition coefficient (Wildman–Crippen LogP) is 4.60. The molecule has 0 radical (unpaired) electrons. The zero-order valence-corrected chi connectivity index (χ0v) is 14.6. The first-order valence-electron chi connectivity index (χ1n) is 8.90. The fourth-order valence-electron chi connectivity index (χ4n) is 5.07. The topological polar surface area (TPSA) is 37.3 Å². The first-order valence-corrected chi connectivity index (χ1v) is 8.90. The van der Waals surface area contributed by atoms with Crippen molar-refractivity contribution in [3.63, 3.8) is 0 Å². The van der Waals surface area contributed by atoms with E-state index in [-0.39, 0.29) is 5.41 Å². The summed E-state index contributed by atoms with van der Waals surface area (Å²) in [4.78, 5) is 12.2. The minimum Gasteiger partial charge on any atom is -0.390 e. The summed E-state index contributed by atoms with van der Waals surface area (Å²) in [6, 6.07) is 0. The van der Waals surface area contributed by atoms with Crippen molar-refractivity contribution in [2.75, 3.05) is 0 Å². The first-order chi connectivity index (χ1) is 9.65. The lowest BCUT2D eigenvalue weighted by Gasteiger charge is -2.43. The molecule has 0 heterocycles. The van der Waals surface area contributed by atoms with E-state index in [9.17, 15) is 9.90 Å². The van der Waals surface area contributed by atoms with E-state index in [1.165, 1.54) is 12.8 Å². The molecule has 0 aliphatic heterocycles. The maximum atomic E-state index is 12.2. The first kappa shape index (κ1) is 17.0. The molecule has 21 heavy (non-hydrogen) atoms. The summed E-state index contributed by atoms with van der Waals surface area (Å²) < 4.78 is 0. The number of fused-ring (bicyclic) bond motifs is 1. The molecule has 0 aromatic carbocycles. The van der Waals surface area contributed by atoms with E-state index in [0.29, 0.717) is 29.5 Å². The Hall–Kier alpha value is -0.370. The lowest BCUT2D eigenvalue weighted by atomic mass is 9.60. The van der Waals surface area contributed by atoms with Gasteiger partial charge in [-0.25, -0.2) is 0 Å².